The molecule has 2 rings (SSSR count). The first-order valence-corrected chi connectivity index (χ1v) is 6.64. The van der Waals surface area contributed by atoms with Crippen LogP contribution in [0.25, 0.3) is 11.1 Å². The molecule has 20 heavy (non-hydrogen) atoms. The summed E-state index contributed by atoms with van der Waals surface area (Å²) in [6.07, 6.45) is 3.49. The van der Waals surface area contributed by atoms with Gasteiger partial charge in [0.1, 0.15) is 5.75 Å². The number of rotatable bonds is 4. The maximum absolute atomic E-state index is 9.23. The van der Waals surface area contributed by atoms with Crippen LogP contribution in [0, 0.1) is 17.2 Å². The van der Waals surface area contributed by atoms with Crippen molar-refractivity contribution >= 4 is 0 Å². The number of ether oxygens (including phenoxy) is 1. The molecule has 0 saturated carbocycles. The van der Waals surface area contributed by atoms with Gasteiger partial charge in [-0.15, -0.1) is 0 Å². The van der Waals surface area contributed by atoms with Gasteiger partial charge in [-0.2, -0.15) is 5.26 Å². The summed E-state index contributed by atoms with van der Waals surface area (Å²) in [4.78, 5) is 4.16. The Balaban J connectivity index is 2.30. The molecule has 0 spiro atoms. The van der Waals surface area contributed by atoms with Crippen molar-refractivity contribution in [3.63, 3.8) is 0 Å². The lowest BCUT2D eigenvalue weighted by molar-refractivity contribution is 0.413. The molecule has 0 bridgehead atoms. The number of nitriles is 1. The maximum atomic E-state index is 9.23. The minimum absolute atomic E-state index is 0.0625. The van der Waals surface area contributed by atoms with E-state index >= 15 is 0 Å². The molecule has 0 fully saturated rings. The monoisotopic (exact) mass is 266 g/mol. The van der Waals surface area contributed by atoms with E-state index in [2.05, 4.69) is 24.9 Å². The van der Waals surface area contributed by atoms with Gasteiger partial charge in [0.2, 0.25) is 0 Å². The van der Waals surface area contributed by atoms with Crippen molar-refractivity contribution in [3.05, 3.63) is 48.3 Å². The Hall–Kier alpha value is -2.34. The van der Waals surface area contributed by atoms with E-state index in [1.165, 1.54) is 0 Å². The maximum Gasteiger partial charge on any atom is 0.137 e. The van der Waals surface area contributed by atoms with Crippen LogP contribution < -0.4 is 4.74 Å². The second kappa shape index (κ2) is 6.21. The zero-order valence-corrected chi connectivity index (χ0v) is 12.0. The predicted octanol–water partition coefficient (Wildman–Crippen LogP) is 4.02. The molecule has 3 heteroatoms. The Bertz CT molecular complexity index is 612. The fourth-order valence-corrected chi connectivity index (χ4v) is 2.18. The predicted molar refractivity (Wildman–Crippen MR) is 79.4 cm³/mol. The van der Waals surface area contributed by atoms with Crippen molar-refractivity contribution in [2.75, 3.05) is 7.11 Å². The van der Waals surface area contributed by atoms with E-state index in [-0.39, 0.29) is 5.92 Å². The lowest BCUT2D eigenvalue weighted by Gasteiger charge is -2.13. The van der Waals surface area contributed by atoms with Gasteiger partial charge < -0.3 is 4.74 Å². The van der Waals surface area contributed by atoms with Crippen molar-refractivity contribution in [1.29, 1.82) is 5.26 Å². The van der Waals surface area contributed by atoms with Gasteiger partial charge in [-0.1, -0.05) is 38.1 Å². The van der Waals surface area contributed by atoms with Gasteiger partial charge in [-0.05, 0) is 23.1 Å². The molecule has 0 aliphatic heterocycles. The Morgan fingerprint density at radius 1 is 1.10 bits per heavy atom. The fraction of sp³-hybridized carbons (Fsp3) is 0.294. The first-order chi connectivity index (χ1) is 9.65. The second-order valence-corrected chi connectivity index (χ2v) is 5.09. The van der Waals surface area contributed by atoms with Crippen LogP contribution in [0.15, 0.2) is 42.7 Å². The largest absolute Gasteiger partial charge is 0.495 e. The van der Waals surface area contributed by atoms with Gasteiger partial charge in [0.05, 0.1) is 25.3 Å². The topological polar surface area (TPSA) is 45.9 Å². The molecule has 1 unspecified atom stereocenters. The smallest absolute Gasteiger partial charge is 0.137 e. The normalized spacial score (nSPS) is 11.9. The molecule has 2 aromatic rings. The Morgan fingerprint density at radius 3 is 2.35 bits per heavy atom. The van der Waals surface area contributed by atoms with Crippen LogP contribution in [-0.4, -0.2) is 12.1 Å². The second-order valence-electron chi connectivity index (χ2n) is 5.09. The first kappa shape index (κ1) is 14.1. The molecule has 0 amide bonds. The highest BCUT2D eigenvalue weighted by Gasteiger charge is 2.14. The summed E-state index contributed by atoms with van der Waals surface area (Å²) in [6.45, 7) is 4.13. The minimum atomic E-state index is -0.0625. The SMILES string of the molecule is COc1cncc(-c2ccc(C(C#N)C(C)C)cc2)c1. The van der Waals surface area contributed by atoms with Gasteiger partial charge >= 0.3 is 0 Å². The van der Waals surface area contributed by atoms with E-state index in [9.17, 15) is 5.26 Å². The molecule has 3 nitrogen and oxygen atoms in total. The van der Waals surface area contributed by atoms with Crippen molar-refractivity contribution in [2.24, 2.45) is 5.92 Å². The zero-order valence-electron chi connectivity index (χ0n) is 12.0. The van der Waals surface area contributed by atoms with Crippen LogP contribution in [0.4, 0.5) is 0 Å². The third kappa shape index (κ3) is 2.97. The highest BCUT2D eigenvalue weighted by atomic mass is 16.5. The highest BCUT2D eigenvalue weighted by molar-refractivity contribution is 5.64. The van der Waals surface area contributed by atoms with Crippen molar-refractivity contribution in [3.8, 4) is 22.9 Å². The fourth-order valence-electron chi connectivity index (χ4n) is 2.18. The van der Waals surface area contributed by atoms with Gasteiger partial charge in [0.15, 0.2) is 0 Å². The molecule has 1 aromatic heterocycles. The summed E-state index contributed by atoms with van der Waals surface area (Å²) in [5.41, 5.74) is 3.14. The standard InChI is InChI=1S/C17H18N2O/c1-12(2)17(9-18)14-6-4-13(5-7-14)15-8-16(20-3)11-19-10-15/h4-8,10-12,17H,1-3H3. The lowest BCUT2D eigenvalue weighted by Crippen LogP contribution is -2.03. The number of aromatic nitrogens is 1. The summed E-state index contributed by atoms with van der Waals surface area (Å²) in [7, 11) is 1.63. The summed E-state index contributed by atoms with van der Waals surface area (Å²) in [6, 6.07) is 12.4. The molecule has 1 atom stereocenters. The third-order valence-corrected chi connectivity index (χ3v) is 3.36. The van der Waals surface area contributed by atoms with Gasteiger partial charge in [0.25, 0.3) is 0 Å². The molecule has 0 aliphatic rings. The number of nitrogens with zero attached hydrogens (tertiary/aromatic N) is 2. The van der Waals surface area contributed by atoms with Gasteiger partial charge in [-0.3, -0.25) is 4.98 Å². The van der Waals surface area contributed by atoms with Crippen molar-refractivity contribution in [1.82, 2.24) is 4.98 Å². The van der Waals surface area contributed by atoms with E-state index in [1.807, 2.05) is 36.5 Å². The van der Waals surface area contributed by atoms with Gasteiger partial charge in [-0.25, -0.2) is 0 Å². The van der Waals surface area contributed by atoms with E-state index in [1.54, 1.807) is 13.3 Å². The van der Waals surface area contributed by atoms with E-state index in [4.69, 9.17) is 4.74 Å². The number of hydrogen-bond donors (Lipinski definition) is 0. The van der Waals surface area contributed by atoms with Crippen LogP contribution in [0.5, 0.6) is 5.75 Å². The molecule has 0 saturated heterocycles. The molecule has 1 aromatic carbocycles. The van der Waals surface area contributed by atoms with E-state index in [0.29, 0.717) is 5.92 Å². The number of hydrogen-bond acceptors (Lipinski definition) is 3. The van der Waals surface area contributed by atoms with Crippen molar-refractivity contribution in [2.45, 2.75) is 19.8 Å². The molecular formula is C17H18N2O. The summed E-state index contributed by atoms with van der Waals surface area (Å²) in [5.74, 6) is 0.987. The third-order valence-electron chi connectivity index (χ3n) is 3.36. The Morgan fingerprint density at radius 2 is 1.80 bits per heavy atom. The van der Waals surface area contributed by atoms with Crippen LogP contribution in [0.3, 0.4) is 0 Å². The Labute approximate surface area is 119 Å². The molecule has 102 valence electrons. The number of benzene rings is 1. The summed E-state index contributed by atoms with van der Waals surface area (Å²) >= 11 is 0. The average molecular weight is 266 g/mol. The van der Waals surface area contributed by atoms with Crippen LogP contribution in [0.2, 0.25) is 0 Å². The van der Waals surface area contributed by atoms with E-state index < -0.39 is 0 Å². The highest BCUT2D eigenvalue weighted by Crippen LogP contribution is 2.27. The molecule has 0 radical (unpaired) electrons. The average Bonchev–Trinajstić information content (AvgIpc) is 2.48. The quantitative estimate of drug-likeness (QED) is 0.839. The number of pyridine rings is 1. The summed E-state index contributed by atoms with van der Waals surface area (Å²) < 4.78 is 5.18. The lowest BCUT2D eigenvalue weighted by atomic mass is 9.89. The number of methoxy groups -OCH3 is 1. The first-order valence-electron chi connectivity index (χ1n) is 6.64. The zero-order chi connectivity index (χ0) is 14.5. The summed E-state index contributed by atoms with van der Waals surface area (Å²) in [5, 5.41) is 9.23. The van der Waals surface area contributed by atoms with Crippen LogP contribution in [0.1, 0.15) is 25.3 Å². The molecule has 1 heterocycles. The molecular weight excluding hydrogens is 248 g/mol. The van der Waals surface area contributed by atoms with Gasteiger partial charge in [0, 0.05) is 11.8 Å². The minimum Gasteiger partial charge on any atom is -0.495 e. The van der Waals surface area contributed by atoms with E-state index in [0.717, 1.165) is 22.4 Å². The molecule has 0 aliphatic carbocycles. The molecule has 0 N–H and O–H groups in total. The van der Waals surface area contributed by atoms with Crippen molar-refractivity contribution < 1.29 is 4.74 Å². The van der Waals surface area contributed by atoms with Crippen LogP contribution in [-0.2, 0) is 0 Å². The van der Waals surface area contributed by atoms with Crippen LogP contribution >= 0.6 is 0 Å². The Kier molecular flexibility index (Phi) is 4.37.